The molecule has 0 aliphatic heterocycles. The van der Waals surface area contributed by atoms with Crippen LogP contribution in [0.3, 0.4) is 0 Å². The van der Waals surface area contributed by atoms with Gasteiger partial charge in [-0.15, -0.1) is 0 Å². The van der Waals surface area contributed by atoms with E-state index in [4.69, 9.17) is 4.74 Å². The monoisotopic (exact) mass is 259 g/mol. The van der Waals surface area contributed by atoms with Crippen LogP contribution in [-0.2, 0) is 14.8 Å². The Morgan fingerprint density at radius 3 is 2.82 bits per heavy atom. The van der Waals surface area contributed by atoms with E-state index in [0.717, 1.165) is 0 Å². The van der Waals surface area contributed by atoms with Crippen LogP contribution < -0.4 is 10.0 Å². The molecule has 0 radical (unpaired) electrons. The average molecular weight is 259 g/mol. The van der Waals surface area contributed by atoms with Gasteiger partial charge in [-0.2, -0.15) is 0 Å². The summed E-state index contributed by atoms with van der Waals surface area (Å²) in [7, 11) is -0.398. The third kappa shape index (κ3) is 3.65. The molecule has 0 bridgehead atoms. The van der Waals surface area contributed by atoms with Crippen molar-refractivity contribution in [3.63, 3.8) is 0 Å². The van der Waals surface area contributed by atoms with Gasteiger partial charge in [-0.1, -0.05) is 0 Å². The molecular weight excluding hydrogens is 242 g/mol. The molecule has 1 atom stereocenters. The zero-order chi connectivity index (χ0) is 12.9. The summed E-state index contributed by atoms with van der Waals surface area (Å²) in [4.78, 5) is 3.95. The average Bonchev–Trinajstić information content (AvgIpc) is 2.28. The molecule has 0 fully saturated rings. The molecule has 2 N–H and O–H groups in total. The van der Waals surface area contributed by atoms with E-state index in [1.165, 1.54) is 19.5 Å². The number of anilines is 1. The van der Waals surface area contributed by atoms with Gasteiger partial charge in [0.15, 0.2) is 0 Å². The van der Waals surface area contributed by atoms with Gasteiger partial charge in [-0.05, 0) is 13.0 Å². The Labute approximate surface area is 101 Å². The van der Waals surface area contributed by atoms with E-state index in [1.54, 1.807) is 20.0 Å². The van der Waals surface area contributed by atoms with Gasteiger partial charge in [0.1, 0.15) is 4.90 Å². The Balaban J connectivity index is 2.97. The van der Waals surface area contributed by atoms with Crippen molar-refractivity contribution >= 4 is 15.7 Å². The largest absolute Gasteiger partial charge is 0.387 e. The summed E-state index contributed by atoms with van der Waals surface area (Å²) in [6, 6.07) is 1.31. The molecule has 0 aliphatic carbocycles. The fraction of sp³-hybridized carbons (Fsp3) is 0.500. The van der Waals surface area contributed by atoms with Crippen LogP contribution in [0.4, 0.5) is 5.69 Å². The molecule has 1 rings (SSSR count). The predicted molar refractivity (Wildman–Crippen MR) is 65.4 cm³/mol. The Bertz CT molecular complexity index is 462. The first kappa shape index (κ1) is 13.9. The van der Waals surface area contributed by atoms with Crippen molar-refractivity contribution in [3.8, 4) is 0 Å². The van der Waals surface area contributed by atoms with Crippen molar-refractivity contribution in [1.82, 2.24) is 9.71 Å². The third-order valence-corrected chi connectivity index (χ3v) is 3.73. The summed E-state index contributed by atoms with van der Waals surface area (Å²) in [6.45, 7) is 2.05. The normalized spacial score (nSPS) is 13.4. The molecule has 1 heterocycles. The maximum Gasteiger partial charge on any atom is 0.244 e. The number of hydrogen-bond acceptors (Lipinski definition) is 5. The Morgan fingerprint density at radius 2 is 2.24 bits per heavy atom. The van der Waals surface area contributed by atoms with Crippen LogP contribution in [0, 0.1) is 0 Å². The quantitative estimate of drug-likeness (QED) is 0.774. The first-order valence-electron chi connectivity index (χ1n) is 5.14. The maximum atomic E-state index is 12.1. The first-order chi connectivity index (χ1) is 8.01. The number of nitrogens with zero attached hydrogens (tertiary/aromatic N) is 1. The highest BCUT2D eigenvalue weighted by molar-refractivity contribution is 7.89. The summed E-state index contributed by atoms with van der Waals surface area (Å²) >= 11 is 0. The summed E-state index contributed by atoms with van der Waals surface area (Å²) in [5.41, 5.74) is 0.511. The van der Waals surface area contributed by atoms with E-state index in [1.807, 2.05) is 0 Å². The van der Waals surface area contributed by atoms with Crippen molar-refractivity contribution in [2.45, 2.75) is 17.9 Å². The molecular formula is C10H17N3O3S. The van der Waals surface area contributed by atoms with Crippen LogP contribution in [0.15, 0.2) is 23.4 Å². The van der Waals surface area contributed by atoms with Crippen LogP contribution in [0.25, 0.3) is 0 Å². The molecule has 1 aromatic heterocycles. The second-order valence-electron chi connectivity index (χ2n) is 3.60. The molecule has 6 nitrogen and oxygen atoms in total. The number of methoxy groups -OCH3 is 1. The Hall–Kier alpha value is -1.18. The van der Waals surface area contributed by atoms with Crippen LogP contribution in [0.1, 0.15) is 6.92 Å². The van der Waals surface area contributed by atoms with E-state index < -0.39 is 10.0 Å². The second kappa shape index (κ2) is 5.95. The maximum absolute atomic E-state index is 12.1. The fourth-order valence-corrected chi connectivity index (χ4v) is 2.80. The number of aromatic nitrogens is 1. The fourth-order valence-electron chi connectivity index (χ4n) is 1.41. The minimum Gasteiger partial charge on any atom is -0.387 e. The molecule has 0 saturated carbocycles. The van der Waals surface area contributed by atoms with Gasteiger partial charge in [-0.3, -0.25) is 4.98 Å². The highest BCUT2D eigenvalue weighted by Gasteiger charge is 2.20. The molecule has 17 heavy (non-hydrogen) atoms. The smallest absolute Gasteiger partial charge is 0.244 e. The van der Waals surface area contributed by atoms with Crippen LogP contribution in [0.5, 0.6) is 0 Å². The number of rotatable bonds is 6. The number of pyridine rings is 1. The SMILES string of the molecule is CNc1ccncc1S(=O)(=O)NC(C)COC. The lowest BCUT2D eigenvalue weighted by atomic mass is 10.4. The Kier molecular flexibility index (Phi) is 4.86. The second-order valence-corrected chi connectivity index (χ2v) is 5.28. The lowest BCUT2D eigenvalue weighted by Gasteiger charge is -2.14. The van der Waals surface area contributed by atoms with Crippen LogP contribution >= 0.6 is 0 Å². The highest BCUT2D eigenvalue weighted by Crippen LogP contribution is 2.18. The molecule has 96 valence electrons. The van der Waals surface area contributed by atoms with Crippen molar-refractivity contribution in [2.75, 3.05) is 26.1 Å². The predicted octanol–water partition coefficient (Wildman–Crippen LogP) is 0.436. The molecule has 0 spiro atoms. The standard InChI is InChI=1S/C10H17N3O3S/c1-8(7-16-3)13-17(14,15)10-6-12-5-4-9(10)11-2/h4-6,8,13H,7H2,1-3H3,(H,11,12). The van der Waals surface area contributed by atoms with Gasteiger partial charge in [0, 0.05) is 32.6 Å². The van der Waals surface area contributed by atoms with E-state index in [0.29, 0.717) is 12.3 Å². The van der Waals surface area contributed by atoms with Gasteiger partial charge < -0.3 is 10.1 Å². The molecule has 0 aromatic carbocycles. The zero-order valence-electron chi connectivity index (χ0n) is 10.1. The highest BCUT2D eigenvalue weighted by atomic mass is 32.2. The summed E-state index contributed by atoms with van der Waals surface area (Å²) < 4.78 is 31.5. The molecule has 7 heteroatoms. The molecule has 1 unspecified atom stereocenters. The van der Waals surface area contributed by atoms with Crippen molar-refractivity contribution < 1.29 is 13.2 Å². The number of nitrogens with one attached hydrogen (secondary N) is 2. The number of sulfonamides is 1. The van der Waals surface area contributed by atoms with Crippen LogP contribution in [-0.4, -0.2) is 40.2 Å². The number of ether oxygens (including phenoxy) is 1. The van der Waals surface area contributed by atoms with Crippen LogP contribution in [0.2, 0.25) is 0 Å². The zero-order valence-corrected chi connectivity index (χ0v) is 10.9. The summed E-state index contributed by atoms with van der Waals surface area (Å²) in [5, 5.41) is 2.82. The molecule has 0 aliphatic rings. The van der Waals surface area contributed by atoms with E-state index in [-0.39, 0.29) is 10.9 Å². The van der Waals surface area contributed by atoms with Gasteiger partial charge in [0.25, 0.3) is 0 Å². The van der Waals surface area contributed by atoms with Crippen molar-refractivity contribution in [1.29, 1.82) is 0 Å². The van der Waals surface area contributed by atoms with Gasteiger partial charge >= 0.3 is 0 Å². The minimum atomic E-state index is -3.58. The summed E-state index contributed by atoms with van der Waals surface area (Å²) in [6.07, 6.45) is 2.84. The first-order valence-corrected chi connectivity index (χ1v) is 6.62. The molecule has 0 saturated heterocycles. The summed E-state index contributed by atoms with van der Waals surface area (Å²) in [5.74, 6) is 0. The van der Waals surface area contributed by atoms with E-state index in [9.17, 15) is 8.42 Å². The third-order valence-electron chi connectivity index (χ3n) is 2.12. The molecule has 1 aromatic rings. The van der Waals surface area contributed by atoms with Gasteiger partial charge in [0.2, 0.25) is 10.0 Å². The van der Waals surface area contributed by atoms with Crippen molar-refractivity contribution in [3.05, 3.63) is 18.5 Å². The van der Waals surface area contributed by atoms with E-state index >= 15 is 0 Å². The van der Waals surface area contributed by atoms with E-state index in [2.05, 4.69) is 15.0 Å². The lowest BCUT2D eigenvalue weighted by molar-refractivity contribution is 0.180. The lowest BCUT2D eigenvalue weighted by Crippen LogP contribution is -2.35. The topological polar surface area (TPSA) is 80.3 Å². The minimum absolute atomic E-state index is 0.130. The van der Waals surface area contributed by atoms with Gasteiger partial charge in [-0.25, -0.2) is 13.1 Å². The van der Waals surface area contributed by atoms with Gasteiger partial charge in [0.05, 0.1) is 12.3 Å². The molecule has 0 amide bonds. The number of hydrogen-bond donors (Lipinski definition) is 2. The van der Waals surface area contributed by atoms with Crippen molar-refractivity contribution in [2.24, 2.45) is 0 Å². The Morgan fingerprint density at radius 1 is 1.53 bits per heavy atom.